The van der Waals surface area contributed by atoms with Gasteiger partial charge in [-0.1, -0.05) is 71.4 Å². The molecule has 0 heterocycles. The maximum absolute atomic E-state index is 14.1. The van der Waals surface area contributed by atoms with Crippen molar-refractivity contribution in [1.29, 1.82) is 0 Å². The predicted octanol–water partition coefficient (Wildman–Crippen LogP) is -14.4. The van der Waals surface area contributed by atoms with Crippen LogP contribution in [0.15, 0.2) is 30.3 Å². The van der Waals surface area contributed by atoms with E-state index in [0.717, 1.165) is 25.8 Å². The molecule has 0 radical (unpaired) electrons. The number of aliphatic hydroxyl groups excluding tert-OH is 6. The largest absolute Gasteiger partial charge is 0.481 e. The molecule has 48 nitrogen and oxygen atoms in total. The number of carboxylic acids is 2. The Labute approximate surface area is 671 Å². The standard InChI is InChI=1S/C69H112N20O28/c1-33(2)53(85-66(114)56(36(5)95)87-62(110)40(21-37-15-11-10-12-16-37)84-65(113)54(34(3)93)86-58(106)38(71)17-13-14-20-70)63(111)88-55(35(4)94)64(112)83-39(18-19-52(104)105)59(107)77-25-47(99)74-24-46(98)76-27-49(101)80-41(30-90)60(108)78-26-48(100)73-22-44(96)72-23-45(97)75-28-50(102)81-42(31-91)61(109)79-29-51(103)82-43(32-92)67(115)89(9)57(68(116)117)69(6,7)8/h10-12,15-16,33-36,38-43,53-57,90-95H,13-14,17-32,70-71H2,1-9H3,(H,72,96)(H,73,100)(H,74,99)(H,75,97)(H,76,98)(H,77,107)(H,78,108)(H,79,109)(H,80,101)(H,81,102)(H,82,103)(H,83,112)(H,84,113)(H,85,114)(H,86,106)(H,87,110)(H,88,111)(H,104,105)(H,116,117)/t34-,35-,36-,38+,39+,40+,41+,42+,43+,53+,54+,55+,56+,57-/m1/s1. The van der Waals surface area contributed by atoms with Gasteiger partial charge in [0, 0.05) is 19.9 Å². The smallest absolute Gasteiger partial charge is 0.326 e. The van der Waals surface area contributed by atoms with Crippen molar-refractivity contribution in [3.8, 4) is 0 Å². The number of rotatable bonds is 53. The highest BCUT2D eigenvalue weighted by Gasteiger charge is 2.41. The zero-order valence-electron chi connectivity index (χ0n) is 66.1. The van der Waals surface area contributed by atoms with Gasteiger partial charge in [0.25, 0.3) is 0 Å². The first-order chi connectivity index (χ1) is 54.7. The Morgan fingerprint density at radius 3 is 1.09 bits per heavy atom. The third-order valence-corrected chi connectivity index (χ3v) is 16.7. The number of nitrogens with two attached hydrogens (primary N) is 2. The molecule has 0 spiro atoms. The lowest BCUT2D eigenvalue weighted by Crippen LogP contribution is -2.64. The number of hydrogen-bond acceptors (Lipinski definition) is 28. The molecule has 0 saturated heterocycles. The normalized spacial score (nSPS) is 14.6. The predicted molar refractivity (Wildman–Crippen MR) is 404 cm³/mol. The van der Waals surface area contributed by atoms with Crippen LogP contribution in [0.4, 0.5) is 0 Å². The van der Waals surface area contributed by atoms with E-state index in [-0.39, 0.29) is 12.8 Å². The number of aliphatic hydroxyl groups is 6. The Morgan fingerprint density at radius 1 is 0.393 bits per heavy atom. The van der Waals surface area contributed by atoms with E-state index in [9.17, 15) is 137 Å². The van der Waals surface area contributed by atoms with Crippen LogP contribution in [0.1, 0.15) is 93.1 Å². The molecule has 0 aliphatic carbocycles. The van der Waals surface area contributed by atoms with Gasteiger partial charge >= 0.3 is 11.9 Å². The number of aliphatic carboxylic acids is 2. The topological polar surface area (TPSA) is 763 Å². The second-order valence-corrected chi connectivity index (χ2v) is 28.0. The highest BCUT2D eigenvalue weighted by Crippen LogP contribution is 2.24. The fraction of sp³-hybridized carbons (Fsp3) is 0.623. The molecule has 48 heteroatoms. The van der Waals surface area contributed by atoms with Crippen molar-refractivity contribution in [2.45, 2.75) is 179 Å². The first-order valence-corrected chi connectivity index (χ1v) is 36.7. The summed E-state index contributed by atoms with van der Waals surface area (Å²) in [5.74, 6) is -22.7. The minimum Gasteiger partial charge on any atom is -0.481 e. The summed E-state index contributed by atoms with van der Waals surface area (Å²) in [6.45, 7) is 1.56. The highest BCUT2D eigenvalue weighted by molar-refractivity contribution is 6.00. The van der Waals surface area contributed by atoms with Gasteiger partial charge in [0.15, 0.2) is 0 Å². The van der Waals surface area contributed by atoms with Gasteiger partial charge in [-0.25, -0.2) is 4.79 Å². The van der Waals surface area contributed by atoms with Crippen LogP contribution < -0.4 is 102 Å². The lowest BCUT2D eigenvalue weighted by molar-refractivity contribution is -0.155. The van der Waals surface area contributed by atoms with Gasteiger partial charge < -0.3 is 148 Å². The first-order valence-electron chi connectivity index (χ1n) is 36.7. The summed E-state index contributed by atoms with van der Waals surface area (Å²) in [5, 5.41) is 117. The van der Waals surface area contributed by atoms with Crippen molar-refractivity contribution in [3.63, 3.8) is 0 Å². The zero-order valence-corrected chi connectivity index (χ0v) is 66.1. The van der Waals surface area contributed by atoms with Crippen LogP contribution in [0, 0.1) is 11.3 Å². The summed E-state index contributed by atoms with van der Waals surface area (Å²) in [5.41, 5.74) is 11.1. The summed E-state index contributed by atoms with van der Waals surface area (Å²) in [6, 6.07) is -9.70. The van der Waals surface area contributed by atoms with Gasteiger partial charge in [0.1, 0.15) is 60.4 Å². The molecule has 0 aromatic heterocycles. The molecule has 0 fully saturated rings. The van der Waals surface area contributed by atoms with E-state index in [1.807, 2.05) is 0 Å². The molecule has 1 aromatic carbocycles. The number of benzene rings is 1. The van der Waals surface area contributed by atoms with E-state index in [1.165, 1.54) is 20.8 Å². The summed E-state index contributed by atoms with van der Waals surface area (Å²) in [4.78, 5) is 258. The monoisotopic (exact) mass is 1670 g/mol. The van der Waals surface area contributed by atoms with Crippen molar-refractivity contribution < 1.29 is 137 Å². The molecule has 0 saturated carbocycles. The first kappa shape index (κ1) is 103. The molecule has 0 aliphatic rings. The average Bonchev–Trinajstić information content (AvgIpc) is 0.856. The second kappa shape index (κ2) is 52.7. The van der Waals surface area contributed by atoms with Crippen LogP contribution >= 0.6 is 0 Å². The van der Waals surface area contributed by atoms with Crippen LogP contribution in [-0.2, 0) is 102 Å². The summed E-state index contributed by atoms with van der Waals surface area (Å²) < 4.78 is 0. The number of hydrogen-bond donors (Lipinski definition) is 27. The summed E-state index contributed by atoms with van der Waals surface area (Å²) in [7, 11) is 1.16. The Bertz CT molecular complexity index is 3600. The third-order valence-electron chi connectivity index (χ3n) is 16.7. The maximum Gasteiger partial charge on any atom is 0.326 e. The lowest BCUT2D eigenvalue weighted by atomic mass is 9.85. The lowest BCUT2D eigenvalue weighted by Gasteiger charge is -2.36. The molecule has 117 heavy (non-hydrogen) atoms. The van der Waals surface area contributed by atoms with Crippen molar-refractivity contribution in [3.05, 3.63) is 35.9 Å². The van der Waals surface area contributed by atoms with E-state index in [1.54, 1.807) is 51.1 Å². The molecule has 0 bridgehead atoms. The number of unbranched alkanes of at least 4 members (excludes halogenated alkanes) is 1. The van der Waals surface area contributed by atoms with Crippen molar-refractivity contribution >= 4 is 118 Å². The molecular weight excluding hydrogens is 1560 g/mol. The van der Waals surface area contributed by atoms with Crippen LogP contribution in [0.5, 0.6) is 0 Å². The van der Waals surface area contributed by atoms with E-state index in [4.69, 9.17) is 11.5 Å². The number of carbonyl (C=O) groups is 20. The second-order valence-electron chi connectivity index (χ2n) is 28.0. The Morgan fingerprint density at radius 2 is 0.726 bits per heavy atom. The van der Waals surface area contributed by atoms with Crippen LogP contribution in [0.2, 0.25) is 0 Å². The summed E-state index contributed by atoms with van der Waals surface area (Å²) in [6.07, 6.45) is -5.39. The quantitative estimate of drug-likeness (QED) is 0.0269. The fourth-order valence-corrected chi connectivity index (χ4v) is 10.4. The van der Waals surface area contributed by atoms with Gasteiger partial charge in [-0.15, -0.1) is 0 Å². The zero-order chi connectivity index (χ0) is 89.1. The van der Waals surface area contributed by atoms with Crippen molar-refractivity contribution in [2.24, 2.45) is 22.8 Å². The molecule has 18 amide bonds. The molecule has 0 aliphatic heterocycles. The van der Waals surface area contributed by atoms with Crippen LogP contribution in [-0.4, -0.2) is 335 Å². The fourth-order valence-electron chi connectivity index (χ4n) is 10.4. The summed E-state index contributed by atoms with van der Waals surface area (Å²) >= 11 is 0. The SMILES string of the molecule is CC(C)[C@H](NC(=O)[C@@H](NC(=O)[C@H](Cc1ccccc1)NC(=O)[C@@H](NC(=O)[C@@H](N)CCCCN)[C@@H](C)O)[C@@H](C)O)C(=O)N[C@H](C(=O)N[C@@H](CCC(=O)O)C(=O)NCC(=O)NCC(=O)NCC(=O)N[C@@H](CO)C(=O)NCC(=O)NCC(=O)NCC(=O)NCC(=O)N[C@@H](CO)C(=O)NCC(=O)N[C@@H](CO)C(=O)N(C)[C@H](C(=O)O)C(C)(C)C)[C@@H](C)O. The number of amides is 18. The minimum atomic E-state index is -1.95. The highest BCUT2D eigenvalue weighted by atomic mass is 16.4. The number of carbonyl (C=O) groups excluding carboxylic acids is 18. The molecule has 1 aromatic rings. The van der Waals surface area contributed by atoms with Gasteiger partial charge in [-0.05, 0) is 63.5 Å². The Balaban J connectivity index is 2.80. The molecule has 656 valence electrons. The third kappa shape index (κ3) is 39.5. The number of carboxylic acid groups (broad SMARTS) is 2. The Kier molecular flexibility index (Phi) is 46.5. The number of nitrogens with zero attached hydrogens (tertiary/aromatic N) is 1. The maximum atomic E-state index is 14.1. The van der Waals surface area contributed by atoms with E-state index in [0.29, 0.717) is 24.9 Å². The van der Waals surface area contributed by atoms with E-state index < -0.39 is 299 Å². The molecule has 1 rings (SSSR count). The van der Waals surface area contributed by atoms with Crippen LogP contribution in [0.3, 0.4) is 0 Å². The van der Waals surface area contributed by atoms with Gasteiger partial charge in [-0.3, -0.25) is 91.1 Å². The average molecular weight is 1670 g/mol. The van der Waals surface area contributed by atoms with Gasteiger partial charge in [0.2, 0.25) is 106 Å². The molecular formula is C69H112N20O28. The van der Waals surface area contributed by atoms with Crippen molar-refractivity contribution in [1.82, 2.24) is 95.3 Å². The van der Waals surface area contributed by atoms with Crippen molar-refractivity contribution in [2.75, 3.05) is 85.8 Å². The number of likely N-dealkylation sites (N-methyl/N-ethyl adjacent to an activating group) is 1. The van der Waals surface area contributed by atoms with Crippen LogP contribution in [0.25, 0.3) is 0 Å². The van der Waals surface area contributed by atoms with E-state index >= 15 is 0 Å². The number of nitrogens with one attached hydrogen (secondary N) is 17. The minimum absolute atomic E-state index is 0.204. The van der Waals surface area contributed by atoms with Gasteiger partial charge in [-0.2, -0.15) is 0 Å². The molecule has 0 unspecified atom stereocenters. The molecule has 14 atom stereocenters. The van der Waals surface area contributed by atoms with Gasteiger partial charge in [0.05, 0.1) is 96.5 Å². The van der Waals surface area contributed by atoms with E-state index in [2.05, 4.69) is 90.4 Å². The molecule has 29 N–H and O–H groups in total. The Hall–Kier alpha value is -11.7.